The predicted octanol–water partition coefficient (Wildman–Crippen LogP) is 1.83. The lowest BCUT2D eigenvalue weighted by Gasteiger charge is -2.06. The summed E-state index contributed by atoms with van der Waals surface area (Å²) in [6, 6.07) is 6.41. The Morgan fingerprint density at radius 3 is 3.00 bits per heavy atom. The minimum atomic E-state index is -0.139. The molecule has 3 heteroatoms. The first-order valence-electron chi connectivity index (χ1n) is 6.20. The Morgan fingerprint density at radius 2 is 2.18 bits per heavy atom. The second-order valence-corrected chi connectivity index (χ2v) is 4.47. The normalized spacial score (nSPS) is 13.5. The van der Waals surface area contributed by atoms with Crippen molar-refractivity contribution in [2.24, 2.45) is 0 Å². The number of carbonyl (C=O) groups is 1. The summed E-state index contributed by atoms with van der Waals surface area (Å²) in [7, 11) is 1.83. The number of carbonyl (C=O) groups excluding carboxylic acids is 1. The molecule has 0 atom stereocenters. The zero-order valence-corrected chi connectivity index (χ0v) is 10.3. The molecule has 0 bridgehead atoms. The van der Waals surface area contributed by atoms with Crippen LogP contribution in [0.1, 0.15) is 29.5 Å². The highest BCUT2D eigenvalue weighted by atomic mass is 16.5. The maximum absolute atomic E-state index is 11.3. The molecule has 92 valence electrons. The van der Waals surface area contributed by atoms with Crippen molar-refractivity contribution in [1.82, 2.24) is 5.32 Å². The Hall–Kier alpha value is -1.35. The highest BCUT2D eigenvalue weighted by Gasteiger charge is 2.11. The third-order valence-electron chi connectivity index (χ3n) is 3.14. The second kappa shape index (κ2) is 5.82. The van der Waals surface area contributed by atoms with Gasteiger partial charge in [-0.2, -0.15) is 0 Å². The molecule has 0 saturated heterocycles. The van der Waals surface area contributed by atoms with Crippen LogP contribution in [0.2, 0.25) is 0 Å². The molecule has 0 unspecified atom stereocenters. The number of esters is 1. The Balaban J connectivity index is 1.85. The lowest BCUT2D eigenvalue weighted by Crippen LogP contribution is -2.14. The molecular formula is C14H19NO2. The van der Waals surface area contributed by atoms with Gasteiger partial charge < -0.3 is 10.1 Å². The van der Waals surface area contributed by atoms with E-state index in [4.69, 9.17) is 4.74 Å². The summed E-state index contributed by atoms with van der Waals surface area (Å²) in [6.07, 6.45) is 4.04. The topological polar surface area (TPSA) is 38.3 Å². The van der Waals surface area contributed by atoms with Crippen molar-refractivity contribution in [3.05, 3.63) is 34.9 Å². The number of hydrogen-bond donors (Lipinski definition) is 1. The number of ether oxygens (including phenoxy) is 1. The molecule has 0 radical (unpaired) electrons. The van der Waals surface area contributed by atoms with E-state index in [1.54, 1.807) is 0 Å². The smallest absolute Gasteiger partial charge is 0.307 e. The standard InChI is InChI=1S/C14H19NO2/c1-15-8-7-14(16)17-10-11-5-6-12-3-2-4-13(12)9-11/h5-6,9,15H,2-4,7-8,10H2,1H3. The van der Waals surface area contributed by atoms with E-state index in [9.17, 15) is 4.79 Å². The van der Waals surface area contributed by atoms with E-state index in [0.29, 0.717) is 19.6 Å². The highest BCUT2D eigenvalue weighted by molar-refractivity contribution is 5.69. The van der Waals surface area contributed by atoms with Gasteiger partial charge in [0.1, 0.15) is 6.61 Å². The molecule has 0 heterocycles. The summed E-state index contributed by atoms with van der Waals surface area (Å²) in [6.45, 7) is 1.07. The maximum atomic E-state index is 11.3. The molecule has 1 aromatic carbocycles. The van der Waals surface area contributed by atoms with Crippen LogP contribution >= 0.6 is 0 Å². The SMILES string of the molecule is CNCCC(=O)OCc1ccc2c(c1)CCC2. The van der Waals surface area contributed by atoms with E-state index in [1.165, 1.54) is 24.0 Å². The molecule has 17 heavy (non-hydrogen) atoms. The van der Waals surface area contributed by atoms with Crippen LogP contribution in [0.3, 0.4) is 0 Å². The van der Waals surface area contributed by atoms with E-state index in [0.717, 1.165) is 12.0 Å². The van der Waals surface area contributed by atoms with E-state index in [1.807, 2.05) is 7.05 Å². The molecule has 0 aromatic heterocycles. The van der Waals surface area contributed by atoms with Crippen molar-refractivity contribution in [2.75, 3.05) is 13.6 Å². The molecule has 0 fully saturated rings. The Labute approximate surface area is 102 Å². The molecule has 0 aliphatic heterocycles. The van der Waals surface area contributed by atoms with Crippen LogP contribution in [0.4, 0.5) is 0 Å². The van der Waals surface area contributed by atoms with Crippen LogP contribution in [-0.2, 0) is 29.0 Å². The Kier molecular flexibility index (Phi) is 4.15. The van der Waals surface area contributed by atoms with E-state index in [2.05, 4.69) is 23.5 Å². The van der Waals surface area contributed by atoms with E-state index >= 15 is 0 Å². The van der Waals surface area contributed by atoms with Gasteiger partial charge in [0.15, 0.2) is 0 Å². The summed E-state index contributed by atoms with van der Waals surface area (Å²) in [4.78, 5) is 11.3. The van der Waals surface area contributed by atoms with Gasteiger partial charge in [0.25, 0.3) is 0 Å². The van der Waals surface area contributed by atoms with Gasteiger partial charge in [-0.05, 0) is 43.0 Å². The van der Waals surface area contributed by atoms with Crippen molar-refractivity contribution in [3.8, 4) is 0 Å². The van der Waals surface area contributed by atoms with E-state index in [-0.39, 0.29) is 5.97 Å². The fourth-order valence-corrected chi connectivity index (χ4v) is 2.18. The summed E-state index contributed by atoms with van der Waals surface area (Å²) in [5.74, 6) is -0.139. The molecule has 1 aliphatic rings. The number of hydrogen-bond acceptors (Lipinski definition) is 3. The molecule has 0 spiro atoms. The predicted molar refractivity (Wildman–Crippen MR) is 66.8 cm³/mol. The van der Waals surface area contributed by atoms with Crippen LogP contribution in [0.15, 0.2) is 18.2 Å². The van der Waals surface area contributed by atoms with Gasteiger partial charge in [-0.25, -0.2) is 0 Å². The molecule has 0 saturated carbocycles. The fourth-order valence-electron chi connectivity index (χ4n) is 2.18. The quantitative estimate of drug-likeness (QED) is 0.788. The molecular weight excluding hydrogens is 214 g/mol. The van der Waals surface area contributed by atoms with Gasteiger partial charge in [-0.1, -0.05) is 18.2 Å². The lowest BCUT2D eigenvalue weighted by molar-refractivity contribution is -0.144. The highest BCUT2D eigenvalue weighted by Crippen LogP contribution is 2.23. The van der Waals surface area contributed by atoms with Gasteiger partial charge in [0, 0.05) is 6.54 Å². The number of benzene rings is 1. The number of nitrogens with one attached hydrogen (secondary N) is 1. The maximum Gasteiger partial charge on any atom is 0.307 e. The van der Waals surface area contributed by atoms with Gasteiger partial charge in [0.05, 0.1) is 6.42 Å². The van der Waals surface area contributed by atoms with Crippen molar-refractivity contribution in [3.63, 3.8) is 0 Å². The zero-order chi connectivity index (χ0) is 12.1. The van der Waals surface area contributed by atoms with Crippen molar-refractivity contribution in [1.29, 1.82) is 0 Å². The fraction of sp³-hybridized carbons (Fsp3) is 0.500. The molecule has 2 rings (SSSR count). The first-order chi connectivity index (χ1) is 8.29. The first-order valence-corrected chi connectivity index (χ1v) is 6.20. The van der Waals surface area contributed by atoms with Gasteiger partial charge in [-0.15, -0.1) is 0 Å². The molecule has 1 aromatic rings. The largest absolute Gasteiger partial charge is 0.461 e. The average Bonchev–Trinajstić information content (AvgIpc) is 2.81. The monoisotopic (exact) mass is 233 g/mol. The Morgan fingerprint density at radius 1 is 1.35 bits per heavy atom. The molecule has 3 nitrogen and oxygen atoms in total. The van der Waals surface area contributed by atoms with Crippen molar-refractivity contribution < 1.29 is 9.53 Å². The minimum Gasteiger partial charge on any atom is -0.461 e. The molecule has 1 N–H and O–H groups in total. The summed E-state index contributed by atoms with van der Waals surface area (Å²) >= 11 is 0. The van der Waals surface area contributed by atoms with Gasteiger partial charge in [0.2, 0.25) is 0 Å². The first kappa shape index (κ1) is 12.1. The average molecular weight is 233 g/mol. The summed E-state index contributed by atoms with van der Waals surface area (Å²) < 4.78 is 5.21. The van der Waals surface area contributed by atoms with Crippen LogP contribution in [-0.4, -0.2) is 19.6 Å². The lowest BCUT2D eigenvalue weighted by atomic mass is 10.1. The summed E-state index contributed by atoms with van der Waals surface area (Å²) in [5.41, 5.74) is 3.98. The van der Waals surface area contributed by atoms with E-state index < -0.39 is 0 Å². The number of fused-ring (bicyclic) bond motifs is 1. The second-order valence-electron chi connectivity index (χ2n) is 4.47. The zero-order valence-electron chi connectivity index (χ0n) is 10.3. The number of aryl methyl sites for hydroxylation is 2. The third kappa shape index (κ3) is 3.30. The van der Waals surface area contributed by atoms with Crippen LogP contribution in [0, 0.1) is 0 Å². The summed E-state index contributed by atoms with van der Waals surface area (Å²) in [5, 5.41) is 2.93. The van der Waals surface area contributed by atoms with Gasteiger partial charge in [-0.3, -0.25) is 4.79 Å². The van der Waals surface area contributed by atoms with Gasteiger partial charge >= 0.3 is 5.97 Å². The van der Waals surface area contributed by atoms with Crippen LogP contribution in [0.5, 0.6) is 0 Å². The number of rotatable bonds is 5. The van der Waals surface area contributed by atoms with Crippen LogP contribution < -0.4 is 5.32 Å². The van der Waals surface area contributed by atoms with Crippen LogP contribution in [0.25, 0.3) is 0 Å². The Bertz CT molecular complexity index is 401. The molecule has 1 aliphatic carbocycles. The molecule has 0 amide bonds. The minimum absolute atomic E-state index is 0.139. The third-order valence-corrected chi connectivity index (χ3v) is 3.14. The van der Waals surface area contributed by atoms with Crippen molar-refractivity contribution in [2.45, 2.75) is 32.3 Å². The van der Waals surface area contributed by atoms with Crippen molar-refractivity contribution >= 4 is 5.97 Å².